The van der Waals surface area contributed by atoms with Gasteiger partial charge < -0.3 is 4.74 Å². The number of hydrogen-bond donors (Lipinski definition) is 1. The van der Waals surface area contributed by atoms with E-state index in [2.05, 4.69) is 10.5 Å². The minimum absolute atomic E-state index is 0.296. The predicted molar refractivity (Wildman–Crippen MR) is 89.3 cm³/mol. The molecule has 1 amide bonds. The average Bonchev–Trinajstić information content (AvgIpc) is 2.51. The Morgan fingerprint density at radius 3 is 2.39 bits per heavy atom. The SMILES string of the molecule is CC(=O)Oc1ccc(/C=N\NC(=O)c2ccc(Cl)c(Cl)c2)cc1. The largest absolute Gasteiger partial charge is 0.427 e. The summed E-state index contributed by atoms with van der Waals surface area (Å²) in [6, 6.07) is 11.2. The van der Waals surface area contributed by atoms with Crippen molar-refractivity contribution in [2.24, 2.45) is 5.10 Å². The molecule has 2 aromatic carbocycles. The fourth-order valence-electron chi connectivity index (χ4n) is 1.66. The van der Waals surface area contributed by atoms with Gasteiger partial charge in [-0.25, -0.2) is 5.43 Å². The number of ether oxygens (including phenoxy) is 1. The van der Waals surface area contributed by atoms with Gasteiger partial charge in [0.05, 0.1) is 16.3 Å². The van der Waals surface area contributed by atoms with Gasteiger partial charge in [0.15, 0.2) is 0 Å². The number of carbonyl (C=O) groups excluding carboxylic acids is 2. The number of esters is 1. The lowest BCUT2D eigenvalue weighted by atomic mass is 10.2. The summed E-state index contributed by atoms with van der Waals surface area (Å²) in [5, 5.41) is 4.52. The Morgan fingerprint density at radius 1 is 1.09 bits per heavy atom. The molecule has 0 fully saturated rings. The number of hydrogen-bond acceptors (Lipinski definition) is 4. The third-order valence-corrected chi connectivity index (χ3v) is 3.44. The van der Waals surface area contributed by atoms with Crippen molar-refractivity contribution in [3.63, 3.8) is 0 Å². The van der Waals surface area contributed by atoms with E-state index < -0.39 is 5.91 Å². The molecule has 0 spiro atoms. The Bertz CT molecular complexity index is 758. The van der Waals surface area contributed by atoms with Gasteiger partial charge in [0.1, 0.15) is 5.75 Å². The summed E-state index contributed by atoms with van der Waals surface area (Å²) < 4.78 is 4.91. The van der Waals surface area contributed by atoms with Gasteiger partial charge in [-0.3, -0.25) is 9.59 Å². The van der Waals surface area contributed by atoms with Crippen LogP contribution in [0.15, 0.2) is 47.6 Å². The number of carbonyl (C=O) groups is 2. The summed E-state index contributed by atoms with van der Waals surface area (Å²) in [7, 11) is 0. The highest BCUT2D eigenvalue weighted by Gasteiger charge is 2.06. The zero-order valence-corrected chi connectivity index (χ0v) is 13.6. The maximum atomic E-state index is 11.9. The van der Waals surface area contributed by atoms with Crippen molar-refractivity contribution in [3.8, 4) is 5.75 Å². The van der Waals surface area contributed by atoms with Crippen LogP contribution in [0.25, 0.3) is 0 Å². The first kappa shape index (κ1) is 17.0. The lowest BCUT2D eigenvalue weighted by molar-refractivity contribution is -0.131. The molecule has 0 heterocycles. The lowest BCUT2D eigenvalue weighted by Crippen LogP contribution is -2.17. The first-order valence-electron chi connectivity index (χ1n) is 6.52. The molecule has 2 aromatic rings. The van der Waals surface area contributed by atoms with Crippen molar-refractivity contribution in [2.75, 3.05) is 0 Å². The Morgan fingerprint density at radius 2 is 1.78 bits per heavy atom. The summed E-state index contributed by atoms with van der Waals surface area (Å²) in [5.74, 6) is -0.355. The zero-order valence-electron chi connectivity index (χ0n) is 12.0. The van der Waals surface area contributed by atoms with Gasteiger partial charge in [0.25, 0.3) is 5.91 Å². The van der Waals surface area contributed by atoms with E-state index in [9.17, 15) is 9.59 Å². The second kappa shape index (κ2) is 7.76. The van der Waals surface area contributed by atoms with Crippen LogP contribution in [0.5, 0.6) is 5.75 Å². The second-order valence-corrected chi connectivity index (χ2v) is 5.31. The van der Waals surface area contributed by atoms with Crippen LogP contribution in [0.3, 0.4) is 0 Å². The summed E-state index contributed by atoms with van der Waals surface area (Å²) in [6.45, 7) is 1.33. The number of nitrogens with zero attached hydrogens (tertiary/aromatic N) is 1. The molecule has 0 aliphatic heterocycles. The van der Waals surface area contributed by atoms with E-state index in [0.717, 1.165) is 5.56 Å². The molecule has 23 heavy (non-hydrogen) atoms. The fraction of sp³-hybridized carbons (Fsp3) is 0.0625. The van der Waals surface area contributed by atoms with E-state index in [0.29, 0.717) is 21.4 Å². The smallest absolute Gasteiger partial charge is 0.308 e. The van der Waals surface area contributed by atoms with Gasteiger partial charge in [-0.2, -0.15) is 5.10 Å². The molecule has 0 saturated carbocycles. The van der Waals surface area contributed by atoms with Crippen LogP contribution in [0, 0.1) is 0 Å². The van der Waals surface area contributed by atoms with E-state index in [1.165, 1.54) is 25.3 Å². The molecule has 118 valence electrons. The number of rotatable bonds is 4. The van der Waals surface area contributed by atoms with Crippen LogP contribution in [-0.4, -0.2) is 18.1 Å². The van der Waals surface area contributed by atoms with Crippen LogP contribution in [0.1, 0.15) is 22.8 Å². The average molecular weight is 351 g/mol. The highest BCUT2D eigenvalue weighted by Crippen LogP contribution is 2.22. The first-order chi connectivity index (χ1) is 11.0. The summed E-state index contributed by atoms with van der Waals surface area (Å²) >= 11 is 11.6. The Labute approximate surface area is 142 Å². The zero-order chi connectivity index (χ0) is 16.8. The van der Waals surface area contributed by atoms with Gasteiger partial charge in [0.2, 0.25) is 0 Å². The number of halogens is 2. The first-order valence-corrected chi connectivity index (χ1v) is 7.28. The molecule has 0 aliphatic carbocycles. The van der Waals surface area contributed by atoms with Crippen LogP contribution in [0.4, 0.5) is 0 Å². The van der Waals surface area contributed by atoms with Crippen molar-refractivity contribution in [1.29, 1.82) is 0 Å². The molecule has 0 radical (unpaired) electrons. The number of nitrogens with one attached hydrogen (secondary N) is 1. The molecule has 0 aliphatic rings. The molecular weight excluding hydrogens is 339 g/mol. The van der Waals surface area contributed by atoms with E-state index in [1.54, 1.807) is 30.3 Å². The molecule has 0 bridgehead atoms. The van der Waals surface area contributed by atoms with Gasteiger partial charge in [-0.15, -0.1) is 0 Å². The molecule has 2 rings (SSSR count). The molecule has 0 unspecified atom stereocenters. The van der Waals surface area contributed by atoms with Gasteiger partial charge >= 0.3 is 5.97 Å². The maximum Gasteiger partial charge on any atom is 0.308 e. The molecule has 0 aromatic heterocycles. The molecule has 1 N–H and O–H groups in total. The molecule has 0 saturated heterocycles. The molecule has 7 heteroatoms. The topological polar surface area (TPSA) is 67.8 Å². The highest BCUT2D eigenvalue weighted by atomic mass is 35.5. The fourth-order valence-corrected chi connectivity index (χ4v) is 1.95. The van der Waals surface area contributed by atoms with Crippen molar-refractivity contribution < 1.29 is 14.3 Å². The van der Waals surface area contributed by atoms with Gasteiger partial charge in [-0.05, 0) is 48.0 Å². The number of hydrazone groups is 1. The molecular formula is C16H12Cl2N2O3. The predicted octanol–water partition coefficient (Wildman–Crippen LogP) is 3.68. The third kappa shape index (κ3) is 5.09. The van der Waals surface area contributed by atoms with Gasteiger partial charge in [-0.1, -0.05) is 23.2 Å². The summed E-state index contributed by atoms with van der Waals surface area (Å²) in [4.78, 5) is 22.7. The van der Waals surface area contributed by atoms with Crippen LogP contribution in [-0.2, 0) is 4.79 Å². The lowest BCUT2D eigenvalue weighted by Gasteiger charge is -2.02. The van der Waals surface area contributed by atoms with Crippen molar-refractivity contribution >= 4 is 41.3 Å². The van der Waals surface area contributed by atoms with Crippen molar-refractivity contribution in [1.82, 2.24) is 5.43 Å². The molecule has 0 atom stereocenters. The quantitative estimate of drug-likeness (QED) is 0.395. The third-order valence-electron chi connectivity index (χ3n) is 2.70. The van der Waals surface area contributed by atoms with E-state index >= 15 is 0 Å². The second-order valence-electron chi connectivity index (χ2n) is 4.49. The Balaban J connectivity index is 1.96. The number of amides is 1. The van der Waals surface area contributed by atoms with E-state index in [-0.39, 0.29) is 5.97 Å². The Hall–Kier alpha value is -2.37. The van der Waals surface area contributed by atoms with Gasteiger partial charge in [0, 0.05) is 12.5 Å². The summed E-state index contributed by atoms with van der Waals surface area (Å²) in [5.41, 5.74) is 3.47. The molecule has 5 nitrogen and oxygen atoms in total. The maximum absolute atomic E-state index is 11.9. The normalized spacial score (nSPS) is 10.6. The van der Waals surface area contributed by atoms with Crippen molar-refractivity contribution in [3.05, 3.63) is 63.6 Å². The highest BCUT2D eigenvalue weighted by molar-refractivity contribution is 6.42. The van der Waals surface area contributed by atoms with E-state index in [1.807, 2.05) is 0 Å². The van der Waals surface area contributed by atoms with Crippen LogP contribution >= 0.6 is 23.2 Å². The minimum Gasteiger partial charge on any atom is -0.427 e. The van der Waals surface area contributed by atoms with E-state index in [4.69, 9.17) is 27.9 Å². The monoisotopic (exact) mass is 350 g/mol. The minimum atomic E-state index is -0.406. The summed E-state index contributed by atoms with van der Waals surface area (Å²) in [6.07, 6.45) is 1.47. The van der Waals surface area contributed by atoms with Crippen LogP contribution < -0.4 is 10.2 Å². The Kier molecular flexibility index (Phi) is 5.73. The number of benzene rings is 2. The van der Waals surface area contributed by atoms with Crippen LogP contribution in [0.2, 0.25) is 10.0 Å². The van der Waals surface area contributed by atoms with Crippen molar-refractivity contribution in [2.45, 2.75) is 6.92 Å². The standard InChI is InChI=1S/C16H12Cl2N2O3/c1-10(21)23-13-5-2-11(3-6-13)9-19-20-16(22)12-4-7-14(17)15(18)8-12/h2-9H,1H3,(H,20,22)/b19-9-.